The zero-order valence-corrected chi connectivity index (χ0v) is 13.4. The molecule has 2 rings (SSSR count). The minimum absolute atomic E-state index is 0.161. The van der Waals surface area contributed by atoms with Crippen LogP contribution in [-0.2, 0) is 18.3 Å². The van der Waals surface area contributed by atoms with Crippen molar-refractivity contribution >= 4 is 29.1 Å². The summed E-state index contributed by atoms with van der Waals surface area (Å²) in [5.41, 5.74) is 2.88. The zero-order chi connectivity index (χ0) is 14.7. The number of rotatable bonds is 5. The van der Waals surface area contributed by atoms with E-state index in [9.17, 15) is 4.79 Å². The van der Waals surface area contributed by atoms with E-state index in [1.54, 1.807) is 23.5 Å². The van der Waals surface area contributed by atoms with Crippen LogP contribution in [0, 0.1) is 13.8 Å². The maximum Gasteiger partial charge on any atom is 0.147 e. The van der Waals surface area contributed by atoms with Gasteiger partial charge in [-0.25, -0.2) is 0 Å². The molecule has 5 heteroatoms. The van der Waals surface area contributed by atoms with Gasteiger partial charge < -0.3 is 0 Å². The third-order valence-electron chi connectivity index (χ3n) is 3.06. The number of ketones is 1. The van der Waals surface area contributed by atoms with Crippen molar-refractivity contribution in [2.24, 2.45) is 7.05 Å². The molecule has 0 radical (unpaired) electrons. The van der Waals surface area contributed by atoms with Crippen LogP contribution in [0.1, 0.15) is 16.8 Å². The van der Waals surface area contributed by atoms with Gasteiger partial charge in [0.05, 0.1) is 11.4 Å². The summed E-state index contributed by atoms with van der Waals surface area (Å²) in [6.07, 6.45) is 0.345. The maximum absolute atomic E-state index is 12.0. The predicted molar refractivity (Wildman–Crippen MR) is 83.6 cm³/mol. The molecule has 0 saturated carbocycles. The highest BCUT2D eigenvalue weighted by Crippen LogP contribution is 2.22. The van der Waals surface area contributed by atoms with Gasteiger partial charge in [-0.05, 0) is 26.0 Å². The first-order valence-electron chi connectivity index (χ1n) is 6.36. The average Bonchev–Trinajstić information content (AvgIpc) is 2.65. The summed E-state index contributed by atoms with van der Waals surface area (Å²) < 4.78 is 1.60. The van der Waals surface area contributed by atoms with Gasteiger partial charge in [-0.15, -0.1) is 11.8 Å². The van der Waals surface area contributed by atoms with Crippen molar-refractivity contribution < 1.29 is 4.79 Å². The van der Waals surface area contributed by atoms with Crippen LogP contribution in [0.4, 0.5) is 0 Å². The fourth-order valence-electron chi connectivity index (χ4n) is 1.92. The highest BCUT2D eigenvalue weighted by molar-refractivity contribution is 8.00. The van der Waals surface area contributed by atoms with Crippen molar-refractivity contribution in [1.82, 2.24) is 9.78 Å². The Balaban J connectivity index is 1.94. The van der Waals surface area contributed by atoms with Gasteiger partial charge in [-0.2, -0.15) is 5.10 Å². The van der Waals surface area contributed by atoms with Gasteiger partial charge in [0.2, 0.25) is 0 Å². The highest BCUT2D eigenvalue weighted by Gasteiger charge is 2.15. The number of nitrogens with zero attached hydrogens (tertiary/aromatic N) is 2. The van der Waals surface area contributed by atoms with Crippen LogP contribution in [0.15, 0.2) is 29.2 Å². The molecule has 0 atom stereocenters. The monoisotopic (exact) mass is 308 g/mol. The van der Waals surface area contributed by atoms with Crippen LogP contribution in [0.5, 0.6) is 0 Å². The van der Waals surface area contributed by atoms with E-state index < -0.39 is 0 Å². The summed E-state index contributed by atoms with van der Waals surface area (Å²) in [7, 11) is 1.78. The van der Waals surface area contributed by atoms with Gasteiger partial charge in [0.25, 0.3) is 0 Å². The summed E-state index contributed by atoms with van der Waals surface area (Å²) in [5, 5.41) is 4.77. The number of Topliss-reactive ketones (excluding diaryl/α,β-unsaturated/α-hetero) is 1. The number of carbonyl (C=O) groups is 1. The summed E-state index contributed by atoms with van der Waals surface area (Å²) in [5.74, 6) is 0.613. The minimum atomic E-state index is 0.161. The van der Waals surface area contributed by atoms with Gasteiger partial charge in [-0.1, -0.05) is 29.3 Å². The lowest BCUT2D eigenvalue weighted by molar-refractivity contribution is -0.116. The van der Waals surface area contributed by atoms with Crippen molar-refractivity contribution in [1.29, 1.82) is 0 Å². The number of hydrogen-bond acceptors (Lipinski definition) is 3. The largest absolute Gasteiger partial charge is 0.298 e. The molecule has 20 heavy (non-hydrogen) atoms. The normalized spacial score (nSPS) is 10.8. The molecule has 0 aliphatic heterocycles. The molecule has 2 aromatic rings. The van der Waals surface area contributed by atoms with E-state index in [0.29, 0.717) is 17.3 Å². The zero-order valence-electron chi connectivity index (χ0n) is 11.8. The number of benzene rings is 1. The molecular formula is C15H17ClN2OS. The summed E-state index contributed by atoms with van der Waals surface area (Å²) in [6, 6.07) is 8.18. The first kappa shape index (κ1) is 15.1. The van der Waals surface area contributed by atoms with Gasteiger partial charge in [0.1, 0.15) is 10.9 Å². The second kappa shape index (κ2) is 6.46. The third kappa shape index (κ3) is 3.64. The SMILES string of the molecule is Cc1ccc(SCC(=O)Cc2c(C)nn(C)c2Cl)cc1. The highest BCUT2D eigenvalue weighted by atomic mass is 35.5. The molecule has 3 nitrogen and oxygen atoms in total. The minimum Gasteiger partial charge on any atom is -0.298 e. The average molecular weight is 309 g/mol. The van der Waals surface area contributed by atoms with E-state index in [1.165, 1.54) is 5.56 Å². The lowest BCUT2D eigenvalue weighted by Gasteiger charge is -2.02. The second-order valence-electron chi connectivity index (χ2n) is 4.80. The third-order valence-corrected chi connectivity index (χ3v) is 4.61. The second-order valence-corrected chi connectivity index (χ2v) is 6.20. The van der Waals surface area contributed by atoms with Crippen molar-refractivity contribution in [3.8, 4) is 0 Å². The van der Waals surface area contributed by atoms with E-state index in [0.717, 1.165) is 16.2 Å². The first-order chi connectivity index (χ1) is 9.47. The Kier molecular flexibility index (Phi) is 4.89. The number of aryl methyl sites for hydroxylation is 3. The van der Waals surface area contributed by atoms with Gasteiger partial charge in [0, 0.05) is 23.9 Å². The number of thioether (sulfide) groups is 1. The van der Waals surface area contributed by atoms with Crippen molar-refractivity contribution in [3.05, 3.63) is 46.2 Å². The van der Waals surface area contributed by atoms with Crippen LogP contribution in [0.2, 0.25) is 5.15 Å². The van der Waals surface area contributed by atoms with E-state index in [2.05, 4.69) is 17.2 Å². The quantitative estimate of drug-likeness (QED) is 0.792. The Morgan fingerprint density at radius 2 is 1.95 bits per heavy atom. The van der Waals surface area contributed by atoms with Gasteiger partial charge in [0.15, 0.2) is 0 Å². The van der Waals surface area contributed by atoms with Crippen LogP contribution < -0.4 is 0 Å². The molecule has 1 heterocycles. The summed E-state index contributed by atoms with van der Waals surface area (Å²) >= 11 is 7.69. The molecule has 0 saturated heterocycles. The van der Waals surface area contributed by atoms with Crippen LogP contribution in [0.3, 0.4) is 0 Å². The number of carbonyl (C=O) groups excluding carboxylic acids is 1. The first-order valence-corrected chi connectivity index (χ1v) is 7.73. The lowest BCUT2D eigenvalue weighted by atomic mass is 10.1. The molecule has 106 valence electrons. The topological polar surface area (TPSA) is 34.9 Å². The fourth-order valence-corrected chi connectivity index (χ4v) is 2.92. The van der Waals surface area contributed by atoms with Gasteiger partial charge in [-0.3, -0.25) is 9.48 Å². The van der Waals surface area contributed by atoms with E-state index in [-0.39, 0.29) is 5.78 Å². The fraction of sp³-hybridized carbons (Fsp3) is 0.333. The van der Waals surface area contributed by atoms with E-state index in [4.69, 9.17) is 11.6 Å². The van der Waals surface area contributed by atoms with Crippen LogP contribution in [-0.4, -0.2) is 21.3 Å². The van der Waals surface area contributed by atoms with Crippen molar-refractivity contribution in [3.63, 3.8) is 0 Å². The molecule has 0 unspecified atom stereocenters. The Labute approximate surface area is 128 Å². The number of hydrogen-bond donors (Lipinski definition) is 0. The molecular weight excluding hydrogens is 292 g/mol. The van der Waals surface area contributed by atoms with E-state index >= 15 is 0 Å². The molecule has 0 N–H and O–H groups in total. The molecule has 1 aromatic carbocycles. The smallest absolute Gasteiger partial charge is 0.147 e. The van der Waals surface area contributed by atoms with Crippen LogP contribution in [0.25, 0.3) is 0 Å². The Bertz CT molecular complexity index is 620. The Morgan fingerprint density at radius 3 is 2.50 bits per heavy atom. The Morgan fingerprint density at radius 1 is 1.30 bits per heavy atom. The predicted octanol–water partition coefficient (Wildman–Crippen LogP) is 3.59. The molecule has 0 fully saturated rings. The molecule has 0 aliphatic rings. The van der Waals surface area contributed by atoms with Gasteiger partial charge >= 0.3 is 0 Å². The maximum atomic E-state index is 12.0. The standard InChI is InChI=1S/C15H17ClN2OS/c1-10-4-6-13(7-5-10)20-9-12(19)8-14-11(2)17-18(3)15(14)16/h4-7H,8-9H2,1-3H3. The molecule has 0 bridgehead atoms. The number of aromatic nitrogens is 2. The molecule has 0 spiro atoms. The molecule has 0 aliphatic carbocycles. The van der Waals surface area contributed by atoms with Crippen molar-refractivity contribution in [2.75, 3.05) is 5.75 Å². The van der Waals surface area contributed by atoms with Crippen LogP contribution >= 0.6 is 23.4 Å². The lowest BCUT2D eigenvalue weighted by Crippen LogP contribution is -2.06. The van der Waals surface area contributed by atoms with Crippen molar-refractivity contribution in [2.45, 2.75) is 25.2 Å². The Hall–Kier alpha value is -1.26. The van der Waals surface area contributed by atoms with E-state index in [1.807, 2.05) is 26.0 Å². The number of halogens is 1. The summed E-state index contributed by atoms with van der Waals surface area (Å²) in [6.45, 7) is 3.92. The molecule has 1 aromatic heterocycles. The molecule has 0 amide bonds. The summed E-state index contributed by atoms with van der Waals surface area (Å²) in [4.78, 5) is 13.2.